The number of hydrogen-bond donors (Lipinski definition) is 6. The highest BCUT2D eigenvalue weighted by Crippen LogP contribution is 2.46. The molecule has 12 heteroatoms. The highest BCUT2D eigenvalue weighted by molar-refractivity contribution is 5.99. The smallest absolute Gasteiger partial charge is 0.248 e. The van der Waals surface area contributed by atoms with Crippen LogP contribution in [-0.4, -0.2) is 64.6 Å². The Morgan fingerprint density at radius 3 is 2.58 bits per heavy atom. The van der Waals surface area contributed by atoms with Gasteiger partial charge in [0.1, 0.15) is 11.9 Å². The lowest BCUT2D eigenvalue weighted by atomic mass is 9.66. The van der Waals surface area contributed by atoms with Crippen LogP contribution in [0.4, 0.5) is 0 Å². The lowest BCUT2D eigenvalue weighted by Crippen LogP contribution is -2.52. The molecule has 1 fully saturated rings. The second kappa shape index (κ2) is 16.7. The highest BCUT2D eigenvalue weighted by atomic mass is 16.3. The van der Waals surface area contributed by atoms with Crippen molar-refractivity contribution in [2.24, 2.45) is 16.5 Å². The van der Waals surface area contributed by atoms with Gasteiger partial charge in [0, 0.05) is 25.1 Å². The number of benzene rings is 1. The summed E-state index contributed by atoms with van der Waals surface area (Å²) in [5.74, 6) is -2.23. The molecule has 0 aromatic heterocycles. The molecule has 4 unspecified atom stereocenters. The van der Waals surface area contributed by atoms with Crippen LogP contribution in [-0.2, 0) is 21.4 Å². The maximum absolute atomic E-state index is 13.2. The number of fused-ring (bicyclic) bond motifs is 1. The van der Waals surface area contributed by atoms with Crippen molar-refractivity contribution in [3.05, 3.63) is 69.8 Å². The van der Waals surface area contributed by atoms with Crippen LogP contribution in [0.15, 0.2) is 58.1 Å². The number of nitrogens with two attached hydrogens (primary N) is 2. The molecule has 0 saturated carbocycles. The lowest BCUT2D eigenvalue weighted by Gasteiger charge is -2.40. The van der Waals surface area contributed by atoms with E-state index in [1.165, 1.54) is 0 Å². The first-order chi connectivity index (χ1) is 22.8. The fourth-order valence-corrected chi connectivity index (χ4v) is 6.76. The highest BCUT2D eigenvalue weighted by Gasteiger charge is 2.49. The Bertz CT molecular complexity index is 1540. The van der Waals surface area contributed by atoms with E-state index in [1.807, 2.05) is 65.0 Å². The van der Waals surface area contributed by atoms with Crippen LogP contribution in [0.1, 0.15) is 102 Å². The zero-order valence-corrected chi connectivity index (χ0v) is 29.2. The van der Waals surface area contributed by atoms with Crippen LogP contribution in [0.5, 0.6) is 0 Å². The van der Waals surface area contributed by atoms with Gasteiger partial charge in [-0.3, -0.25) is 14.4 Å². The van der Waals surface area contributed by atoms with Gasteiger partial charge in [0.2, 0.25) is 23.6 Å². The van der Waals surface area contributed by atoms with E-state index in [9.17, 15) is 24.8 Å². The molecule has 4 atom stereocenters. The number of amides is 3. The number of primary amides is 2. The van der Waals surface area contributed by atoms with Crippen molar-refractivity contribution < 1.29 is 19.5 Å². The van der Waals surface area contributed by atoms with Gasteiger partial charge >= 0.3 is 0 Å². The Hall–Kier alpha value is -4.31. The molecular weight excluding hydrogens is 608 g/mol. The third-order valence-electron chi connectivity index (χ3n) is 9.21. The summed E-state index contributed by atoms with van der Waals surface area (Å²) < 4.78 is 0. The molecule has 1 aliphatic carbocycles. The third-order valence-corrected chi connectivity index (χ3v) is 9.21. The Kier molecular flexibility index (Phi) is 13.3. The number of hydrogen-bond acceptors (Lipinski definition) is 9. The Balaban J connectivity index is 0.00000307. The Labute approximate surface area is 284 Å². The molecule has 8 N–H and O–H groups in total. The molecule has 260 valence electrons. The first-order valence-electron chi connectivity index (χ1n) is 16.9. The number of aliphatic hydroxyl groups is 1. The number of hydrazine groups is 1. The molecule has 3 amide bonds. The molecule has 0 spiro atoms. The Morgan fingerprint density at radius 1 is 1.27 bits per heavy atom. The van der Waals surface area contributed by atoms with Crippen molar-refractivity contribution in [1.29, 1.82) is 5.26 Å². The van der Waals surface area contributed by atoms with Gasteiger partial charge in [-0.05, 0) is 86.8 Å². The summed E-state index contributed by atoms with van der Waals surface area (Å²) in [7, 11) is 0. The minimum absolute atomic E-state index is 0.0608. The quantitative estimate of drug-likeness (QED) is 0.184. The first kappa shape index (κ1) is 38.1. The molecule has 1 saturated heterocycles. The molecule has 1 aromatic rings. The van der Waals surface area contributed by atoms with E-state index in [0.29, 0.717) is 50.0 Å². The minimum atomic E-state index is -1.60. The third kappa shape index (κ3) is 8.58. The number of aliphatic imine (C=N–C) groups is 1. The lowest BCUT2D eigenvalue weighted by molar-refractivity contribution is -0.130. The number of rotatable bonds is 12. The van der Waals surface area contributed by atoms with Gasteiger partial charge in [0.05, 0.1) is 24.4 Å². The van der Waals surface area contributed by atoms with E-state index >= 15 is 0 Å². The topological polar surface area (TPSA) is 199 Å². The van der Waals surface area contributed by atoms with Crippen LogP contribution in [0.3, 0.4) is 0 Å². The second-order valence-corrected chi connectivity index (χ2v) is 12.5. The van der Waals surface area contributed by atoms with Crippen molar-refractivity contribution in [3.8, 4) is 6.07 Å². The first-order valence-corrected chi connectivity index (χ1v) is 16.9. The molecule has 2 heterocycles. The molecule has 0 bridgehead atoms. The number of carbonyl (C=O) groups excluding carboxylic acids is 3. The number of allylic oxidation sites excluding steroid dienone is 4. The average Bonchev–Trinajstić information content (AvgIpc) is 3.68. The van der Waals surface area contributed by atoms with Crippen molar-refractivity contribution in [1.82, 2.24) is 21.1 Å². The zero-order chi connectivity index (χ0) is 35.6. The van der Waals surface area contributed by atoms with Crippen LogP contribution in [0, 0.1) is 11.3 Å². The van der Waals surface area contributed by atoms with E-state index in [1.54, 1.807) is 17.9 Å². The summed E-state index contributed by atoms with van der Waals surface area (Å²) in [4.78, 5) is 43.7. The van der Waals surface area contributed by atoms with Crippen LogP contribution in [0.25, 0.3) is 0 Å². The normalized spacial score (nSPS) is 24.5. The van der Waals surface area contributed by atoms with Crippen molar-refractivity contribution in [3.63, 3.8) is 0 Å². The van der Waals surface area contributed by atoms with E-state index in [0.717, 1.165) is 34.3 Å². The molecular formula is C36H52N8O4. The monoisotopic (exact) mass is 660 g/mol. The van der Waals surface area contributed by atoms with E-state index in [4.69, 9.17) is 16.5 Å². The number of likely N-dealkylation sites (tertiary alicyclic amines) is 1. The van der Waals surface area contributed by atoms with Crippen molar-refractivity contribution >= 4 is 23.6 Å². The fourth-order valence-electron chi connectivity index (χ4n) is 6.76. The molecule has 1 aromatic carbocycles. The summed E-state index contributed by atoms with van der Waals surface area (Å²) in [6, 6.07) is 7.04. The van der Waals surface area contributed by atoms with Gasteiger partial charge in [0.15, 0.2) is 0 Å². The summed E-state index contributed by atoms with van der Waals surface area (Å²) >= 11 is 0. The van der Waals surface area contributed by atoms with Gasteiger partial charge in [-0.25, -0.2) is 4.99 Å². The summed E-state index contributed by atoms with van der Waals surface area (Å²) in [6.07, 6.45) is 9.63. The van der Waals surface area contributed by atoms with Crippen molar-refractivity contribution in [2.75, 3.05) is 13.1 Å². The van der Waals surface area contributed by atoms with Crippen LogP contribution < -0.4 is 27.6 Å². The summed E-state index contributed by atoms with van der Waals surface area (Å²) in [5.41, 5.74) is 21.2. The van der Waals surface area contributed by atoms with E-state index in [2.05, 4.69) is 22.2 Å². The van der Waals surface area contributed by atoms with Gasteiger partial charge in [-0.15, -0.1) is 0 Å². The van der Waals surface area contributed by atoms with Crippen LogP contribution >= 0.6 is 0 Å². The largest absolute Gasteiger partial charge is 0.369 e. The predicted molar refractivity (Wildman–Crippen MR) is 187 cm³/mol. The number of nitrogens with one attached hydrogen (secondary N) is 3. The van der Waals surface area contributed by atoms with E-state index < -0.39 is 29.1 Å². The van der Waals surface area contributed by atoms with Gasteiger partial charge in [0.25, 0.3) is 0 Å². The van der Waals surface area contributed by atoms with Gasteiger partial charge < -0.3 is 32.2 Å². The summed E-state index contributed by atoms with van der Waals surface area (Å²) in [5, 5.41) is 24.0. The summed E-state index contributed by atoms with van der Waals surface area (Å²) in [6.45, 7) is 12.1. The maximum Gasteiger partial charge on any atom is 0.248 e. The average molecular weight is 661 g/mol. The molecule has 48 heavy (non-hydrogen) atoms. The predicted octanol–water partition coefficient (Wildman–Crippen LogP) is 3.14. The number of aryl methyl sites for hydroxylation is 1. The molecule has 4 rings (SSSR count). The minimum Gasteiger partial charge on any atom is -0.369 e. The zero-order valence-electron chi connectivity index (χ0n) is 29.2. The second-order valence-electron chi connectivity index (χ2n) is 12.5. The van der Waals surface area contributed by atoms with Crippen molar-refractivity contribution in [2.45, 2.75) is 110 Å². The Morgan fingerprint density at radius 2 is 2.00 bits per heavy atom. The SMILES string of the molecule is C/C=C(\C=C/C1=C(C)CCc2cc(C(N)=O)ccc2C1(CC(CC)NCC(=O)N1CCCC1C#N)C1=NC(C)(O)NN1)CC(N)=O.CC. The number of amidine groups is 1. The molecule has 12 nitrogen and oxygen atoms in total. The van der Waals surface area contributed by atoms with Crippen LogP contribution in [0.2, 0.25) is 0 Å². The molecule has 3 aliphatic rings. The number of nitrogens with zero attached hydrogens (tertiary/aromatic N) is 3. The van der Waals surface area contributed by atoms with E-state index in [-0.39, 0.29) is 24.9 Å². The van der Waals surface area contributed by atoms with Gasteiger partial charge in [-0.2, -0.15) is 10.7 Å². The number of carbonyl (C=O) groups is 3. The standard InChI is InChI=1S/C34H46N8O4.C2H6/c1-5-22(16-29(36)43)10-13-27-21(3)9-11-23-17-24(31(37)45)12-14-28(23)34(27,32-39-33(4,46)41-40-32)18-25(6-2)38-20-30(44)42-15-7-8-26(42)19-35;1-2/h5,10,12-14,17,25-26,38,41,46H,6-9,11,15-16,18,20H2,1-4H3,(H2,36,43)(H2,37,45)(H,39,40);1-2H3/b13-10-,22-5+;. The van der Waals surface area contributed by atoms with Gasteiger partial charge in [-0.1, -0.05) is 50.6 Å². The fraction of sp³-hybridized carbons (Fsp3) is 0.528. The molecule has 0 radical (unpaired) electrons. The maximum atomic E-state index is 13.2. The number of nitriles is 1. The molecule has 2 aliphatic heterocycles.